The van der Waals surface area contributed by atoms with Crippen LogP contribution in [0.1, 0.15) is 23.2 Å². The van der Waals surface area contributed by atoms with Gasteiger partial charge in [-0.3, -0.25) is 9.59 Å². The van der Waals surface area contributed by atoms with Gasteiger partial charge in [-0.1, -0.05) is 12.1 Å². The Kier molecular flexibility index (Phi) is 6.98. The Morgan fingerprint density at radius 1 is 1.13 bits per heavy atom. The van der Waals surface area contributed by atoms with Gasteiger partial charge in [0.1, 0.15) is 12.4 Å². The van der Waals surface area contributed by atoms with Crippen LogP contribution in [0, 0.1) is 6.92 Å². The Morgan fingerprint density at radius 3 is 2.43 bits per heavy atom. The van der Waals surface area contributed by atoms with Crippen LogP contribution in [-0.4, -0.2) is 23.8 Å². The molecule has 0 aliphatic heterocycles. The smallest absolute Gasteiger partial charge is 0.248 e. The number of nitrogens with one attached hydrogen (secondary N) is 1. The minimum Gasteiger partial charge on any atom is -0.487 e. The number of aryl methyl sites for hydroxylation is 1. The number of ether oxygens (including phenoxy) is 1. The molecule has 1 aromatic heterocycles. The molecule has 2 aromatic carbocycles. The van der Waals surface area contributed by atoms with Gasteiger partial charge in [0.25, 0.3) is 0 Å². The third kappa shape index (κ3) is 6.02. The zero-order valence-corrected chi connectivity index (χ0v) is 17.9. The number of aromatic nitrogens is 1. The molecule has 154 valence electrons. The van der Waals surface area contributed by atoms with E-state index in [4.69, 9.17) is 4.74 Å². The molecular weight excluding hydrogens is 398 g/mol. The van der Waals surface area contributed by atoms with Crippen molar-refractivity contribution in [2.24, 2.45) is 0 Å². The van der Waals surface area contributed by atoms with Crippen molar-refractivity contribution in [3.63, 3.8) is 0 Å². The molecule has 0 spiro atoms. The molecule has 0 aliphatic carbocycles. The number of carbonyl (C=O) groups is 2. The number of benzene rings is 2. The van der Waals surface area contributed by atoms with Crippen LogP contribution >= 0.6 is 11.3 Å². The van der Waals surface area contributed by atoms with Crippen molar-refractivity contribution >= 4 is 40.6 Å². The maximum absolute atomic E-state index is 12.1. The van der Waals surface area contributed by atoms with Crippen LogP contribution in [-0.2, 0) is 16.2 Å². The molecule has 3 aromatic rings. The van der Waals surface area contributed by atoms with Crippen molar-refractivity contribution in [2.75, 3.05) is 17.3 Å². The van der Waals surface area contributed by atoms with Gasteiger partial charge in [-0.2, -0.15) is 0 Å². The molecule has 2 amide bonds. The summed E-state index contributed by atoms with van der Waals surface area (Å²) >= 11 is 1.60. The highest BCUT2D eigenvalue weighted by Crippen LogP contribution is 2.18. The minimum absolute atomic E-state index is 0.0515. The van der Waals surface area contributed by atoms with Crippen LogP contribution in [0.25, 0.3) is 6.08 Å². The Bertz CT molecular complexity index is 1040. The molecule has 0 radical (unpaired) electrons. The largest absolute Gasteiger partial charge is 0.487 e. The second-order valence-corrected chi connectivity index (χ2v) is 7.73. The molecule has 3 rings (SSSR count). The van der Waals surface area contributed by atoms with Crippen molar-refractivity contribution in [1.82, 2.24) is 4.98 Å². The molecule has 6 nitrogen and oxygen atoms in total. The van der Waals surface area contributed by atoms with E-state index in [2.05, 4.69) is 10.3 Å². The van der Waals surface area contributed by atoms with E-state index in [0.717, 1.165) is 27.7 Å². The summed E-state index contributed by atoms with van der Waals surface area (Å²) < 4.78 is 5.72. The zero-order valence-electron chi connectivity index (χ0n) is 17.1. The third-order valence-electron chi connectivity index (χ3n) is 4.36. The van der Waals surface area contributed by atoms with Crippen LogP contribution < -0.4 is 15.0 Å². The predicted octanol–water partition coefficient (Wildman–Crippen LogP) is 4.67. The highest BCUT2D eigenvalue weighted by molar-refractivity contribution is 7.09. The molecule has 1 heterocycles. The van der Waals surface area contributed by atoms with Crippen molar-refractivity contribution < 1.29 is 14.3 Å². The van der Waals surface area contributed by atoms with Gasteiger partial charge in [-0.25, -0.2) is 4.98 Å². The molecule has 0 atom stereocenters. The van der Waals surface area contributed by atoms with E-state index in [-0.39, 0.29) is 11.8 Å². The van der Waals surface area contributed by atoms with Gasteiger partial charge < -0.3 is 15.0 Å². The van der Waals surface area contributed by atoms with Crippen LogP contribution in [0.2, 0.25) is 0 Å². The Balaban J connectivity index is 1.51. The van der Waals surface area contributed by atoms with Gasteiger partial charge in [0.15, 0.2) is 0 Å². The lowest BCUT2D eigenvalue weighted by Gasteiger charge is -2.15. The topological polar surface area (TPSA) is 71.5 Å². The summed E-state index contributed by atoms with van der Waals surface area (Å²) in [5.41, 5.74) is 3.23. The summed E-state index contributed by atoms with van der Waals surface area (Å²) in [7, 11) is 1.70. The predicted molar refractivity (Wildman–Crippen MR) is 121 cm³/mol. The first kappa shape index (κ1) is 21.3. The molecule has 1 N–H and O–H groups in total. The van der Waals surface area contributed by atoms with Gasteiger partial charge in [0.2, 0.25) is 11.8 Å². The van der Waals surface area contributed by atoms with Crippen molar-refractivity contribution in [3.8, 4) is 5.75 Å². The van der Waals surface area contributed by atoms with Crippen molar-refractivity contribution in [3.05, 3.63) is 76.3 Å². The highest BCUT2D eigenvalue weighted by atomic mass is 32.1. The van der Waals surface area contributed by atoms with Crippen LogP contribution in [0.5, 0.6) is 5.75 Å². The van der Waals surface area contributed by atoms with Crippen LogP contribution in [0.3, 0.4) is 0 Å². The second kappa shape index (κ2) is 9.84. The lowest BCUT2D eigenvalue weighted by Crippen LogP contribution is -2.22. The van der Waals surface area contributed by atoms with Gasteiger partial charge in [0, 0.05) is 36.8 Å². The number of hydrogen-bond acceptors (Lipinski definition) is 5. The summed E-state index contributed by atoms with van der Waals surface area (Å²) in [6.45, 7) is 3.90. The van der Waals surface area contributed by atoms with Gasteiger partial charge in [-0.05, 0) is 55.0 Å². The molecule has 7 heteroatoms. The fourth-order valence-electron chi connectivity index (χ4n) is 2.61. The molecule has 0 fully saturated rings. The third-order valence-corrected chi connectivity index (χ3v) is 5.18. The quantitative estimate of drug-likeness (QED) is 0.563. The molecule has 0 unspecified atom stereocenters. The fraction of sp³-hybridized carbons (Fsp3) is 0.174. The van der Waals surface area contributed by atoms with Crippen LogP contribution in [0.4, 0.5) is 11.4 Å². The normalized spacial score (nSPS) is 10.8. The first-order valence-corrected chi connectivity index (χ1v) is 10.3. The average molecular weight is 422 g/mol. The fourth-order valence-corrected chi connectivity index (χ4v) is 3.21. The monoisotopic (exact) mass is 421 g/mol. The Morgan fingerprint density at radius 2 is 1.83 bits per heavy atom. The molecular formula is C23H23N3O3S. The van der Waals surface area contributed by atoms with E-state index in [1.807, 2.05) is 36.6 Å². The lowest BCUT2D eigenvalue weighted by atomic mass is 10.2. The Hall–Kier alpha value is -3.45. The minimum atomic E-state index is -0.234. The summed E-state index contributed by atoms with van der Waals surface area (Å²) in [4.78, 5) is 29.4. The van der Waals surface area contributed by atoms with E-state index in [1.165, 1.54) is 17.9 Å². The molecule has 0 aliphatic rings. The number of nitrogens with zero attached hydrogens (tertiary/aromatic N) is 2. The standard InChI is InChI=1S/C23H23N3O3S/c1-16-24-20(15-30-16)14-29-22-11-4-18(5-12-22)6-13-23(28)25-19-7-9-21(10-8-19)26(3)17(2)27/h4-13,15H,14H2,1-3H3,(H,25,28)/b13-6+. The first-order chi connectivity index (χ1) is 14.4. The number of rotatable bonds is 7. The maximum atomic E-state index is 12.1. The lowest BCUT2D eigenvalue weighted by molar-refractivity contribution is -0.116. The van der Waals surface area contributed by atoms with E-state index < -0.39 is 0 Å². The van der Waals surface area contributed by atoms with E-state index in [9.17, 15) is 9.59 Å². The highest BCUT2D eigenvalue weighted by Gasteiger charge is 2.05. The first-order valence-electron chi connectivity index (χ1n) is 9.38. The van der Waals surface area contributed by atoms with E-state index in [1.54, 1.807) is 48.7 Å². The molecule has 0 bridgehead atoms. The van der Waals surface area contributed by atoms with E-state index >= 15 is 0 Å². The Labute approximate surface area is 179 Å². The SMILES string of the molecule is CC(=O)N(C)c1ccc(NC(=O)/C=C/c2ccc(OCc3csc(C)n3)cc2)cc1. The zero-order chi connectivity index (χ0) is 21.5. The second-order valence-electron chi connectivity index (χ2n) is 6.66. The summed E-state index contributed by atoms with van der Waals surface area (Å²) in [6.07, 6.45) is 3.21. The maximum Gasteiger partial charge on any atom is 0.248 e. The number of anilines is 2. The van der Waals surface area contributed by atoms with Gasteiger partial charge in [-0.15, -0.1) is 11.3 Å². The summed E-state index contributed by atoms with van der Waals surface area (Å²) in [6, 6.07) is 14.6. The number of carbonyl (C=O) groups excluding carboxylic acids is 2. The van der Waals surface area contributed by atoms with Crippen LogP contribution in [0.15, 0.2) is 60.0 Å². The van der Waals surface area contributed by atoms with Crippen molar-refractivity contribution in [2.45, 2.75) is 20.5 Å². The van der Waals surface area contributed by atoms with Crippen molar-refractivity contribution in [1.29, 1.82) is 0 Å². The number of thiazole rings is 1. The number of hydrogen-bond donors (Lipinski definition) is 1. The summed E-state index contributed by atoms with van der Waals surface area (Å²) in [5.74, 6) is 0.462. The van der Waals surface area contributed by atoms with E-state index in [0.29, 0.717) is 12.3 Å². The molecule has 0 saturated carbocycles. The van der Waals surface area contributed by atoms with Gasteiger partial charge in [0.05, 0.1) is 10.7 Å². The molecule has 0 saturated heterocycles. The number of amides is 2. The average Bonchev–Trinajstić information content (AvgIpc) is 3.16. The summed E-state index contributed by atoms with van der Waals surface area (Å²) in [5, 5.41) is 5.81. The van der Waals surface area contributed by atoms with Gasteiger partial charge >= 0.3 is 0 Å². The molecule has 30 heavy (non-hydrogen) atoms.